The zero-order valence-electron chi connectivity index (χ0n) is 10.8. The Balaban J connectivity index is 4.01. The van der Waals surface area contributed by atoms with Crippen LogP contribution in [0.1, 0.15) is 26.7 Å². The number of likely N-dealkylation sites (N-methyl/N-ethyl adjacent to an activating group) is 1. The molecule has 18 heavy (non-hydrogen) atoms. The van der Waals surface area contributed by atoms with Crippen LogP contribution < -0.4 is 11.1 Å². The molecule has 1 unspecified atom stereocenters. The molecule has 0 saturated heterocycles. The average Bonchev–Trinajstić information content (AvgIpc) is 2.34. The Morgan fingerprint density at radius 1 is 1.28 bits per heavy atom. The predicted molar refractivity (Wildman–Crippen MR) is 65.8 cm³/mol. The number of nitrogens with two attached hydrogens (primary N) is 1. The molecule has 104 valence electrons. The summed E-state index contributed by atoms with van der Waals surface area (Å²) in [5.74, 6) is -1.69. The Bertz CT molecular complexity index is 303. The molecule has 0 rings (SSSR count). The van der Waals surface area contributed by atoms with Crippen molar-refractivity contribution >= 4 is 17.8 Å². The zero-order valence-corrected chi connectivity index (χ0v) is 10.8. The number of nitrogens with zero attached hydrogens (tertiary/aromatic N) is 1. The highest BCUT2D eigenvalue weighted by atomic mass is 16.4. The fourth-order valence-electron chi connectivity index (χ4n) is 1.39. The number of carboxylic acids is 1. The molecule has 0 aliphatic rings. The topological polar surface area (TPSA) is 113 Å². The Labute approximate surface area is 106 Å². The maximum atomic E-state index is 11.6. The van der Waals surface area contributed by atoms with E-state index in [4.69, 9.17) is 10.8 Å². The Morgan fingerprint density at radius 3 is 2.28 bits per heavy atom. The van der Waals surface area contributed by atoms with Crippen LogP contribution in [0.25, 0.3) is 0 Å². The Kier molecular flexibility index (Phi) is 7.69. The molecule has 2 amide bonds. The third kappa shape index (κ3) is 6.19. The molecule has 7 nitrogen and oxygen atoms in total. The SMILES string of the molecule is CCN(CC)C(=O)CNC(=O)C(N)CCC(=O)O. The first-order valence-corrected chi connectivity index (χ1v) is 5.95. The van der Waals surface area contributed by atoms with Gasteiger partial charge in [0.15, 0.2) is 0 Å². The van der Waals surface area contributed by atoms with E-state index in [1.807, 2.05) is 13.8 Å². The second-order valence-electron chi connectivity index (χ2n) is 3.82. The fourth-order valence-corrected chi connectivity index (χ4v) is 1.39. The lowest BCUT2D eigenvalue weighted by molar-refractivity contribution is -0.137. The summed E-state index contributed by atoms with van der Waals surface area (Å²) < 4.78 is 0. The van der Waals surface area contributed by atoms with E-state index < -0.39 is 17.9 Å². The summed E-state index contributed by atoms with van der Waals surface area (Å²) >= 11 is 0. The van der Waals surface area contributed by atoms with Crippen molar-refractivity contribution in [1.29, 1.82) is 0 Å². The molecule has 0 aliphatic heterocycles. The second-order valence-corrected chi connectivity index (χ2v) is 3.82. The van der Waals surface area contributed by atoms with Crippen LogP contribution in [0.2, 0.25) is 0 Å². The molecule has 0 fully saturated rings. The number of aliphatic carboxylic acids is 1. The van der Waals surface area contributed by atoms with Crippen molar-refractivity contribution < 1.29 is 19.5 Å². The molecular formula is C11H21N3O4. The van der Waals surface area contributed by atoms with E-state index in [0.717, 1.165) is 0 Å². The molecular weight excluding hydrogens is 238 g/mol. The molecule has 0 aromatic rings. The number of hydrogen-bond donors (Lipinski definition) is 3. The number of rotatable bonds is 8. The standard InChI is InChI=1S/C11H21N3O4/c1-3-14(4-2)9(15)7-13-11(18)8(12)5-6-10(16)17/h8H,3-7,12H2,1-2H3,(H,13,18)(H,16,17). The first-order chi connectivity index (χ1) is 8.42. The van der Waals surface area contributed by atoms with Gasteiger partial charge in [-0.25, -0.2) is 0 Å². The molecule has 0 aromatic heterocycles. The Morgan fingerprint density at radius 2 is 1.83 bits per heavy atom. The largest absolute Gasteiger partial charge is 0.481 e. The monoisotopic (exact) mass is 259 g/mol. The summed E-state index contributed by atoms with van der Waals surface area (Å²) in [6, 6.07) is -0.898. The highest BCUT2D eigenvalue weighted by molar-refractivity contribution is 5.87. The zero-order chi connectivity index (χ0) is 14.1. The molecule has 0 bridgehead atoms. The molecule has 0 aliphatic carbocycles. The quantitative estimate of drug-likeness (QED) is 0.526. The number of carbonyl (C=O) groups is 3. The van der Waals surface area contributed by atoms with E-state index in [2.05, 4.69) is 5.32 Å². The van der Waals surface area contributed by atoms with Gasteiger partial charge in [-0.1, -0.05) is 0 Å². The van der Waals surface area contributed by atoms with Gasteiger partial charge in [0.25, 0.3) is 0 Å². The lowest BCUT2D eigenvalue weighted by Crippen LogP contribution is -2.46. The number of carbonyl (C=O) groups excluding carboxylic acids is 2. The minimum atomic E-state index is -1.00. The van der Waals surface area contributed by atoms with Crippen LogP contribution in [0.5, 0.6) is 0 Å². The highest BCUT2D eigenvalue weighted by Gasteiger charge is 2.16. The fraction of sp³-hybridized carbons (Fsp3) is 0.727. The maximum Gasteiger partial charge on any atom is 0.303 e. The lowest BCUT2D eigenvalue weighted by atomic mass is 10.1. The van der Waals surface area contributed by atoms with Crippen molar-refractivity contribution in [2.75, 3.05) is 19.6 Å². The van der Waals surface area contributed by atoms with Crippen molar-refractivity contribution in [3.05, 3.63) is 0 Å². The molecule has 0 radical (unpaired) electrons. The summed E-state index contributed by atoms with van der Waals surface area (Å²) in [6.45, 7) is 4.75. The van der Waals surface area contributed by atoms with Gasteiger partial charge in [-0.05, 0) is 20.3 Å². The van der Waals surface area contributed by atoms with E-state index in [1.54, 1.807) is 4.90 Å². The van der Waals surface area contributed by atoms with Gasteiger partial charge in [0.2, 0.25) is 11.8 Å². The van der Waals surface area contributed by atoms with Crippen LogP contribution in [-0.4, -0.2) is 53.5 Å². The van der Waals surface area contributed by atoms with Gasteiger partial charge < -0.3 is 21.1 Å². The van der Waals surface area contributed by atoms with Gasteiger partial charge in [-0.15, -0.1) is 0 Å². The van der Waals surface area contributed by atoms with Crippen molar-refractivity contribution in [2.45, 2.75) is 32.7 Å². The van der Waals surface area contributed by atoms with Gasteiger partial charge in [0.1, 0.15) is 0 Å². The first kappa shape index (κ1) is 16.4. The summed E-state index contributed by atoms with van der Waals surface area (Å²) in [5.41, 5.74) is 5.49. The van der Waals surface area contributed by atoms with Gasteiger partial charge in [-0.2, -0.15) is 0 Å². The normalized spacial score (nSPS) is 11.7. The first-order valence-electron chi connectivity index (χ1n) is 5.95. The summed E-state index contributed by atoms with van der Waals surface area (Å²) in [5, 5.41) is 10.9. The van der Waals surface area contributed by atoms with Crippen LogP contribution in [0.15, 0.2) is 0 Å². The van der Waals surface area contributed by atoms with Crippen LogP contribution in [0.3, 0.4) is 0 Å². The minimum absolute atomic E-state index is 0.0562. The second kappa shape index (κ2) is 8.46. The highest BCUT2D eigenvalue weighted by Crippen LogP contribution is 1.95. The van der Waals surface area contributed by atoms with Gasteiger partial charge >= 0.3 is 5.97 Å². The average molecular weight is 259 g/mol. The van der Waals surface area contributed by atoms with Crippen molar-refractivity contribution in [1.82, 2.24) is 10.2 Å². The molecule has 7 heteroatoms. The van der Waals surface area contributed by atoms with Crippen molar-refractivity contribution in [2.24, 2.45) is 5.73 Å². The number of carboxylic acid groups (broad SMARTS) is 1. The van der Waals surface area contributed by atoms with E-state index in [1.165, 1.54) is 0 Å². The predicted octanol–water partition coefficient (Wildman–Crippen LogP) is -0.837. The lowest BCUT2D eigenvalue weighted by Gasteiger charge is -2.19. The van der Waals surface area contributed by atoms with Gasteiger partial charge in [0.05, 0.1) is 12.6 Å². The van der Waals surface area contributed by atoms with E-state index in [9.17, 15) is 14.4 Å². The number of hydrogen-bond acceptors (Lipinski definition) is 4. The molecule has 1 atom stereocenters. The van der Waals surface area contributed by atoms with Crippen LogP contribution in [0.4, 0.5) is 0 Å². The van der Waals surface area contributed by atoms with Crippen LogP contribution >= 0.6 is 0 Å². The smallest absolute Gasteiger partial charge is 0.303 e. The van der Waals surface area contributed by atoms with Gasteiger partial charge in [-0.3, -0.25) is 14.4 Å². The van der Waals surface area contributed by atoms with Crippen molar-refractivity contribution in [3.63, 3.8) is 0 Å². The van der Waals surface area contributed by atoms with E-state index in [-0.39, 0.29) is 25.3 Å². The molecule has 0 heterocycles. The van der Waals surface area contributed by atoms with Crippen LogP contribution in [0, 0.1) is 0 Å². The number of amides is 2. The number of nitrogens with one attached hydrogen (secondary N) is 1. The minimum Gasteiger partial charge on any atom is -0.481 e. The summed E-state index contributed by atoms with van der Waals surface area (Å²) in [6.07, 6.45) is -0.112. The molecule has 0 aromatic carbocycles. The third-order valence-corrected chi connectivity index (χ3v) is 2.54. The molecule has 0 spiro atoms. The summed E-state index contributed by atoms with van der Waals surface area (Å²) in [4.78, 5) is 34.9. The van der Waals surface area contributed by atoms with Crippen molar-refractivity contribution in [3.8, 4) is 0 Å². The third-order valence-electron chi connectivity index (χ3n) is 2.54. The van der Waals surface area contributed by atoms with Crippen LogP contribution in [-0.2, 0) is 14.4 Å². The summed E-state index contributed by atoms with van der Waals surface area (Å²) in [7, 11) is 0. The molecule has 4 N–H and O–H groups in total. The van der Waals surface area contributed by atoms with Gasteiger partial charge in [0, 0.05) is 19.5 Å². The van der Waals surface area contributed by atoms with E-state index >= 15 is 0 Å². The maximum absolute atomic E-state index is 11.6. The van der Waals surface area contributed by atoms with E-state index in [0.29, 0.717) is 13.1 Å². The Hall–Kier alpha value is -1.63. The molecule has 0 saturated carbocycles.